The Balaban J connectivity index is 2.31. The lowest BCUT2D eigenvalue weighted by Gasteiger charge is -2.26. The first-order chi connectivity index (χ1) is 8.62. The fraction of sp³-hybridized carbons (Fsp3) is 0.533. The quantitative estimate of drug-likeness (QED) is 0.754. The van der Waals surface area contributed by atoms with Crippen molar-refractivity contribution in [1.29, 1.82) is 0 Å². The molecule has 0 radical (unpaired) electrons. The summed E-state index contributed by atoms with van der Waals surface area (Å²) >= 11 is 3.09. The molecule has 104 valence electrons. The second-order valence-electron chi connectivity index (χ2n) is 6.22. The summed E-state index contributed by atoms with van der Waals surface area (Å²) in [6, 6.07) is 4.50. The highest BCUT2D eigenvalue weighted by atomic mass is 79.9. The van der Waals surface area contributed by atoms with Gasteiger partial charge in [-0.3, -0.25) is 4.79 Å². The smallest absolute Gasteiger partial charge is 0.169 e. The number of hydrogen-bond donors (Lipinski definition) is 0. The van der Waals surface area contributed by atoms with Crippen molar-refractivity contribution < 1.29 is 13.9 Å². The SMILES string of the molecule is CC1(C)CC(C(=O)c2ccc(Br)c(F)c2)C(C)(C)O1. The average Bonchev–Trinajstić information content (AvgIpc) is 2.49. The third-order valence-electron chi connectivity index (χ3n) is 3.59. The molecule has 1 unspecified atom stereocenters. The van der Waals surface area contributed by atoms with Crippen molar-refractivity contribution in [3.8, 4) is 0 Å². The van der Waals surface area contributed by atoms with Crippen LogP contribution < -0.4 is 0 Å². The van der Waals surface area contributed by atoms with Gasteiger partial charge in [-0.15, -0.1) is 0 Å². The Morgan fingerprint density at radius 2 is 2.00 bits per heavy atom. The molecule has 19 heavy (non-hydrogen) atoms. The zero-order valence-corrected chi connectivity index (χ0v) is 13.2. The zero-order valence-electron chi connectivity index (χ0n) is 11.6. The minimum atomic E-state index is -0.524. The maximum Gasteiger partial charge on any atom is 0.169 e. The summed E-state index contributed by atoms with van der Waals surface area (Å²) in [6.07, 6.45) is 0.649. The molecule has 0 saturated carbocycles. The van der Waals surface area contributed by atoms with Gasteiger partial charge in [-0.05, 0) is 62.2 Å². The summed E-state index contributed by atoms with van der Waals surface area (Å²) in [4.78, 5) is 12.6. The van der Waals surface area contributed by atoms with Crippen LogP contribution in [0.3, 0.4) is 0 Å². The number of Topliss-reactive ketones (excluding diaryl/α,β-unsaturated/α-hetero) is 1. The summed E-state index contributed by atoms with van der Waals surface area (Å²) in [5, 5.41) is 0. The van der Waals surface area contributed by atoms with E-state index in [2.05, 4.69) is 15.9 Å². The van der Waals surface area contributed by atoms with Crippen LogP contribution in [0.1, 0.15) is 44.5 Å². The van der Waals surface area contributed by atoms with E-state index in [0.29, 0.717) is 16.5 Å². The summed E-state index contributed by atoms with van der Waals surface area (Å²) in [5.41, 5.74) is -0.443. The largest absolute Gasteiger partial charge is 0.369 e. The van der Waals surface area contributed by atoms with E-state index < -0.39 is 11.4 Å². The van der Waals surface area contributed by atoms with Gasteiger partial charge in [0.25, 0.3) is 0 Å². The van der Waals surface area contributed by atoms with Gasteiger partial charge in [-0.2, -0.15) is 0 Å². The Bertz CT molecular complexity index is 523. The summed E-state index contributed by atoms with van der Waals surface area (Å²) in [5.74, 6) is -0.716. The van der Waals surface area contributed by atoms with E-state index in [1.54, 1.807) is 12.1 Å². The van der Waals surface area contributed by atoms with Crippen LogP contribution in [0.2, 0.25) is 0 Å². The van der Waals surface area contributed by atoms with Crippen molar-refractivity contribution in [1.82, 2.24) is 0 Å². The molecule has 1 aliphatic rings. The molecule has 0 aliphatic carbocycles. The molecule has 1 heterocycles. The summed E-state index contributed by atoms with van der Waals surface area (Å²) in [7, 11) is 0. The van der Waals surface area contributed by atoms with Crippen LogP contribution in [0.5, 0.6) is 0 Å². The van der Waals surface area contributed by atoms with E-state index in [9.17, 15) is 9.18 Å². The maximum atomic E-state index is 13.5. The first-order valence-electron chi connectivity index (χ1n) is 6.32. The highest BCUT2D eigenvalue weighted by molar-refractivity contribution is 9.10. The van der Waals surface area contributed by atoms with Crippen LogP contribution >= 0.6 is 15.9 Å². The van der Waals surface area contributed by atoms with E-state index in [4.69, 9.17) is 4.74 Å². The predicted molar refractivity (Wildman–Crippen MR) is 75.8 cm³/mol. The van der Waals surface area contributed by atoms with Gasteiger partial charge in [0.2, 0.25) is 0 Å². The second kappa shape index (κ2) is 4.67. The number of ether oxygens (including phenoxy) is 1. The molecule has 0 spiro atoms. The molecule has 1 fully saturated rings. The van der Waals surface area contributed by atoms with Crippen molar-refractivity contribution in [2.75, 3.05) is 0 Å². The molecule has 1 atom stereocenters. The van der Waals surface area contributed by atoms with Gasteiger partial charge in [0.15, 0.2) is 5.78 Å². The molecule has 4 heteroatoms. The van der Waals surface area contributed by atoms with Crippen LogP contribution in [-0.2, 0) is 4.74 Å². The molecule has 0 amide bonds. The molecule has 0 aromatic heterocycles. The minimum absolute atomic E-state index is 0.0537. The number of carbonyl (C=O) groups is 1. The van der Waals surface area contributed by atoms with Crippen LogP contribution in [0.25, 0.3) is 0 Å². The van der Waals surface area contributed by atoms with Crippen molar-refractivity contribution in [2.24, 2.45) is 5.92 Å². The Labute approximate surface area is 121 Å². The lowest BCUT2D eigenvalue weighted by molar-refractivity contribution is -0.0712. The third-order valence-corrected chi connectivity index (χ3v) is 4.24. The van der Waals surface area contributed by atoms with Crippen LogP contribution in [0.15, 0.2) is 22.7 Å². The fourth-order valence-electron chi connectivity index (χ4n) is 2.82. The first-order valence-corrected chi connectivity index (χ1v) is 7.11. The molecule has 2 rings (SSSR count). The number of carbonyl (C=O) groups excluding carboxylic acids is 1. The molecule has 0 N–H and O–H groups in total. The molecular weight excluding hydrogens is 311 g/mol. The van der Waals surface area contributed by atoms with Gasteiger partial charge in [0.1, 0.15) is 5.82 Å². The van der Waals surface area contributed by atoms with Gasteiger partial charge < -0.3 is 4.74 Å². The Morgan fingerprint density at radius 1 is 1.37 bits per heavy atom. The average molecular weight is 329 g/mol. The summed E-state index contributed by atoms with van der Waals surface area (Å²) in [6.45, 7) is 7.79. The zero-order chi connectivity index (χ0) is 14.4. The fourth-order valence-corrected chi connectivity index (χ4v) is 3.07. The van der Waals surface area contributed by atoms with Gasteiger partial charge in [-0.1, -0.05) is 6.07 Å². The van der Waals surface area contributed by atoms with E-state index >= 15 is 0 Å². The number of halogens is 2. The van der Waals surface area contributed by atoms with E-state index in [1.165, 1.54) is 6.07 Å². The lowest BCUT2D eigenvalue weighted by atomic mass is 9.82. The highest BCUT2D eigenvalue weighted by Crippen LogP contribution is 2.43. The third kappa shape index (κ3) is 2.90. The van der Waals surface area contributed by atoms with E-state index in [0.717, 1.165) is 0 Å². The van der Waals surface area contributed by atoms with Crippen molar-refractivity contribution in [2.45, 2.75) is 45.3 Å². The highest BCUT2D eigenvalue weighted by Gasteiger charge is 2.49. The van der Waals surface area contributed by atoms with E-state index in [1.807, 2.05) is 27.7 Å². The predicted octanol–water partition coefficient (Wildman–Crippen LogP) is 4.36. The van der Waals surface area contributed by atoms with Crippen molar-refractivity contribution in [3.05, 3.63) is 34.1 Å². The minimum Gasteiger partial charge on any atom is -0.369 e. The monoisotopic (exact) mass is 328 g/mol. The van der Waals surface area contributed by atoms with Crippen LogP contribution in [-0.4, -0.2) is 17.0 Å². The molecule has 0 bridgehead atoms. The Kier molecular flexibility index (Phi) is 3.60. The molecule has 2 nitrogen and oxygen atoms in total. The summed E-state index contributed by atoms with van der Waals surface area (Å²) < 4.78 is 19.8. The molecular formula is C15H18BrFO2. The topological polar surface area (TPSA) is 26.3 Å². The molecule has 1 aliphatic heterocycles. The Morgan fingerprint density at radius 3 is 2.47 bits per heavy atom. The van der Waals surface area contributed by atoms with Gasteiger partial charge in [-0.25, -0.2) is 4.39 Å². The van der Waals surface area contributed by atoms with Gasteiger partial charge in [0.05, 0.1) is 21.6 Å². The molecule has 1 aromatic rings. The molecule has 1 aromatic carbocycles. The first kappa shape index (κ1) is 14.7. The van der Waals surface area contributed by atoms with Gasteiger partial charge >= 0.3 is 0 Å². The second-order valence-corrected chi connectivity index (χ2v) is 7.07. The Hall–Kier alpha value is -0.740. The van der Waals surface area contributed by atoms with Crippen LogP contribution in [0, 0.1) is 11.7 Å². The number of benzene rings is 1. The lowest BCUT2D eigenvalue weighted by Crippen LogP contribution is -2.33. The maximum absolute atomic E-state index is 13.5. The standard InChI is InChI=1S/C15H18BrFO2/c1-14(2)8-10(15(3,4)19-14)13(18)9-5-6-11(16)12(17)7-9/h5-7,10H,8H2,1-4H3. The van der Waals surface area contributed by atoms with Crippen molar-refractivity contribution >= 4 is 21.7 Å². The van der Waals surface area contributed by atoms with E-state index in [-0.39, 0.29) is 17.3 Å². The number of ketones is 1. The number of rotatable bonds is 2. The van der Waals surface area contributed by atoms with Crippen molar-refractivity contribution in [3.63, 3.8) is 0 Å². The van der Waals surface area contributed by atoms with Crippen LogP contribution in [0.4, 0.5) is 4.39 Å². The number of hydrogen-bond acceptors (Lipinski definition) is 2. The molecule has 1 saturated heterocycles. The normalized spacial score (nSPS) is 24.4. The van der Waals surface area contributed by atoms with Gasteiger partial charge in [0, 0.05) is 5.56 Å².